The van der Waals surface area contributed by atoms with Crippen LogP contribution in [0.1, 0.15) is 17.2 Å². The van der Waals surface area contributed by atoms with Crippen molar-refractivity contribution >= 4 is 0 Å². The highest BCUT2D eigenvalue weighted by molar-refractivity contribution is 5.29. The number of aliphatic hydroxyl groups is 1. The molecule has 0 aliphatic heterocycles. The Kier molecular flexibility index (Phi) is 4.12. The Morgan fingerprint density at radius 2 is 1.63 bits per heavy atom. The maximum Gasteiger partial charge on any atom is 0.126 e. The third-order valence-corrected chi connectivity index (χ3v) is 2.86. The van der Waals surface area contributed by atoms with Gasteiger partial charge in [0.05, 0.1) is 13.2 Å². The number of rotatable bonds is 4. The lowest BCUT2D eigenvalue weighted by Gasteiger charge is -2.12. The minimum Gasteiger partial charge on any atom is -0.497 e. The average molecular weight is 264 g/mol. The van der Waals surface area contributed by atoms with E-state index in [-0.39, 0.29) is 12.0 Å². The normalized spacial score (nSPS) is 12.2. The largest absolute Gasteiger partial charge is 0.497 e. The Morgan fingerprint density at radius 3 is 2.16 bits per heavy atom. The summed E-state index contributed by atoms with van der Waals surface area (Å²) in [5, 5.41) is 9.98. The second kappa shape index (κ2) is 5.80. The fraction of sp³-hybridized carbons (Fsp3) is 0.200. The molecule has 2 aromatic rings. The maximum atomic E-state index is 13.1. The molecule has 0 heterocycles. The Bertz CT molecular complexity index is 532. The number of hydrogen-bond donors (Lipinski definition) is 1. The summed E-state index contributed by atoms with van der Waals surface area (Å²) < 4.78 is 31.1. The van der Waals surface area contributed by atoms with E-state index in [0.717, 1.165) is 29.5 Å². The van der Waals surface area contributed by atoms with E-state index in [2.05, 4.69) is 0 Å². The van der Waals surface area contributed by atoms with Crippen molar-refractivity contribution in [3.8, 4) is 5.75 Å². The summed E-state index contributed by atoms with van der Waals surface area (Å²) in [5.74, 6) is -0.664. The summed E-state index contributed by atoms with van der Waals surface area (Å²) in [5.41, 5.74) is 1.09. The summed E-state index contributed by atoms with van der Waals surface area (Å²) in [6.45, 7) is 0. The molecule has 2 aromatic carbocycles. The number of hydrogen-bond acceptors (Lipinski definition) is 2. The molecule has 1 N–H and O–H groups in total. The first-order valence-corrected chi connectivity index (χ1v) is 5.85. The predicted molar refractivity (Wildman–Crippen MR) is 68.0 cm³/mol. The van der Waals surface area contributed by atoms with E-state index in [1.807, 2.05) is 0 Å². The van der Waals surface area contributed by atoms with Crippen LogP contribution in [0.3, 0.4) is 0 Å². The first-order chi connectivity index (χ1) is 9.08. The zero-order valence-corrected chi connectivity index (χ0v) is 10.4. The highest BCUT2D eigenvalue weighted by atomic mass is 19.1. The Balaban J connectivity index is 2.13. The molecule has 100 valence electrons. The van der Waals surface area contributed by atoms with Crippen LogP contribution < -0.4 is 4.74 Å². The smallest absolute Gasteiger partial charge is 0.126 e. The summed E-state index contributed by atoms with van der Waals surface area (Å²) in [4.78, 5) is 0. The molecule has 0 fully saturated rings. The summed E-state index contributed by atoms with van der Waals surface area (Å²) in [6.07, 6.45) is -0.661. The molecular weight excluding hydrogens is 250 g/mol. The molecule has 0 spiro atoms. The lowest BCUT2D eigenvalue weighted by atomic mass is 10.0. The summed E-state index contributed by atoms with van der Waals surface area (Å²) in [7, 11) is 1.57. The van der Waals surface area contributed by atoms with Crippen molar-refractivity contribution in [2.24, 2.45) is 0 Å². The molecule has 2 nitrogen and oxygen atoms in total. The van der Waals surface area contributed by atoms with Crippen molar-refractivity contribution in [2.75, 3.05) is 7.11 Å². The third-order valence-electron chi connectivity index (χ3n) is 2.86. The minimum absolute atomic E-state index is 0.230. The molecule has 19 heavy (non-hydrogen) atoms. The van der Waals surface area contributed by atoms with Gasteiger partial charge in [0.1, 0.15) is 17.4 Å². The standard InChI is InChI=1S/C15H14F2O2/c1-19-14-4-2-10(3-5-14)6-15(18)11-7-12(16)9-13(17)8-11/h2-5,7-9,15,18H,6H2,1H3. The van der Waals surface area contributed by atoms with Gasteiger partial charge in [-0.05, 0) is 35.4 Å². The molecular formula is C15H14F2O2. The van der Waals surface area contributed by atoms with Gasteiger partial charge in [-0.15, -0.1) is 0 Å². The van der Waals surface area contributed by atoms with Crippen molar-refractivity contribution in [1.29, 1.82) is 0 Å². The second-order valence-corrected chi connectivity index (χ2v) is 4.27. The van der Waals surface area contributed by atoms with Crippen LogP contribution in [0.5, 0.6) is 5.75 Å². The molecule has 0 amide bonds. The van der Waals surface area contributed by atoms with Crippen LogP contribution in [0.15, 0.2) is 42.5 Å². The molecule has 0 saturated heterocycles. The van der Waals surface area contributed by atoms with Gasteiger partial charge in [0.2, 0.25) is 0 Å². The fourth-order valence-corrected chi connectivity index (χ4v) is 1.87. The Labute approximate surface area is 110 Å². The van der Waals surface area contributed by atoms with Crippen LogP contribution in [-0.4, -0.2) is 12.2 Å². The van der Waals surface area contributed by atoms with Gasteiger partial charge in [-0.25, -0.2) is 8.78 Å². The molecule has 1 unspecified atom stereocenters. The van der Waals surface area contributed by atoms with E-state index in [4.69, 9.17) is 4.74 Å². The minimum atomic E-state index is -0.946. The molecule has 0 aromatic heterocycles. The van der Waals surface area contributed by atoms with Gasteiger partial charge in [-0.3, -0.25) is 0 Å². The fourth-order valence-electron chi connectivity index (χ4n) is 1.87. The van der Waals surface area contributed by atoms with Gasteiger partial charge in [0.15, 0.2) is 0 Å². The lowest BCUT2D eigenvalue weighted by Crippen LogP contribution is -2.03. The third kappa shape index (κ3) is 3.51. The molecule has 2 rings (SSSR count). The zero-order chi connectivity index (χ0) is 13.8. The molecule has 0 saturated carbocycles. The van der Waals surface area contributed by atoms with Gasteiger partial charge in [-0.2, -0.15) is 0 Å². The number of benzene rings is 2. The molecule has 0 aliphatic rings. The molecule has 0 aliphatic carbocycles. The van der Waals surface area contributed by atoms with E-state index < -0.39 is 17.7 Å². The predicted octanol–water partition coefficient (Wildman–Crippen LogP) is 3.25. The number of ether oxygens (including phenoxy) is 1. The van der Waals surface area contributed by atoms with E-state index in [1.165, 1.54) is 0 Å². The Morgan fingerprint density at radius 1 is 1.05 bits per heavy atom. The van der Waals surface area contributed by atoms with Gasteiger partial charge in [0, 0.05) is 12.5 Å². The first-order valence-electron chi connectivity index (χ1n) is 5.85. The van der Waals surface area contributed by atoms with Crippen molar-refractivity contribution in [3.05, 3.63) is 65.2 Å². The van der Waals surface area contributed by atoms with Crippen LogP contribution in [0.2, 0.25) is 0 Å². The van der Waals surface area contributed by atoms with Gasteiger partial charge < -0.3 is 9.84 Å². The lowest BCUT2D eigenvalue weighted by molar-refractivity contribution is 0.177. The number of methoxy groups -OCH3 is 1. The molecule has 1 atom stereocenters. The SMILES string of the molecule is COc1ccc(CC(O)c2cc(F)cc(F)c2)cc1. The van der Waals surface area contributed by atoms with E-state index >= 15 is 0 Å². The highest BCUT2D eigenvalue weighted by Gasteiger charge is 2.11. The number of halogens is 2. The van der Waals surface area contributed by atoms with Gasteiger partial charge in [-0.1, -0.05) is 12.1 Å². The monoisotopic (exact) mass is 264 g/mol. The molecule has 4 heteroatoms. The summed E-state index contributed by atoms with van der Waals surface area (Å²) >= 11 is 0. The quantitative estimate of drug-likeness (QED) is 0.918. The van der Waals surface area contributed by atoms with Crippen LogP contribution in [0.25, 0.3) is 0 Å². The zero-order valence-electron chi connectivity index (χ0n) is 10.4. The summed E-state index contributed by atoms with van der Waals surface area (Å²) in [6, 6.07) is 10.2. The maximum absolute atomic E-state index is 13.1. The van der Waals surface area contributed by atoms with Crippen LogP contribution in [-0.2, 0) is 6.42 Å². The highest BCUT2D eigenvalue weighted by Crippen LogP contribution is 2.21. The average Bonchev–Trinajstić information content (AvgIpc) is 2.38. The van der Waals surface area contributed by atoms with E-state index in [0.29, 0.717) is 0 Å². The molecule has 0 bridgehead atoms. The topological polar surface area (TPSA) is 29.5 Å². The van der Waals surface area contributed by atoms with Gasteiger partial charge in [0.25, 0.3) is 0 Å². The number of aliphatic hydroxyl groups excluding tert-OH is 1. The van der Waals surface area contributed by atoms with Crippen LogP contribution in [0, 0.1) is 11.6 Å². The van der Waals surface area contributed by atoms with E-state index in [9.17, 15) is 13.9 Å². The van der Waals surface area contributed by atoms with Crippen LogP contribution in [0.4, 0.5) is 8.78 Å². The van der Waals surface area contributed by atoms with Crippen molar-refractivity contribution in [3.63, 3.8) is 0 Å². The molecule has 0 radical (unpaired) electrons. The Hall–Kier alpha value is -1.94. The van der Waals surface area contributed by atoms with E-state index in [1.54, 1.807) is 31.4 Å². The second-order valence-electron chi connectivity index (χ2n) is 4.27. The van der Waals surface area contributed by atoms with Crippen molar-refractivity contribution in [1.82, 2.24) is 0 Å². The van der Waals surface area contributed by atoms with Gasteiger partial charge >= 0.3 is 0 Å². The van der Waals surface area contributed by atoms with Crippen LogP contribution >= 0.6 is 0 Å². The van der Waals surface area contributed by atoms with Crippen molar-refractivity contribution < 1.29 is 18.6 Å². The van der Waals surface area contributed by atoms with Crippen molar-refractivity contribution in [2.45, 2.75) is 12.5 Å². The first kappa shape index (κ1) is 13.5.